The van der Waals surface area contributed by atoms with Crippen molar-refractivity contribution in [3.63, 3.8) is 0 Å². The van der Waals surface area contributed by atoms with Crippen molar-refractivity contribution in [2.75, 3.05) is 0 Å². The Morgan fingerprint density at radius 3 is 0.713 bits per heavy atom. The summed E-state index contributed by atoms with van der Waals surface area (Å²) < 4.78 is 19.9. The van der Waals surface area contributed by atoms with Gasteiger partial charge in [0, 0.05) is 82.9 Å². The monoisotopic (exact) mass is 1650 g/mol. The molecule has 0 aliphatic rings. The number of benzene rings is 16. The fourth-order valence-electron chi connectivity index (χ4n) is 17.6. The molecule has 0 radical (unpaired) electrons. The molecule has 0 atom stereocenters. The highest BCUT2D eigenvalue weighted by molar-refractivity contribution is 6.25. The Bertz CT molecular complexity index is 8070. The Morgan fingerprint density at radius 2 is 0.380 bits per heavy atom. The van der Waals surface area contributed by atoms with Gasteiger partial charge >= 0.3 is 0 Å². The molecule has 9 heterocycles. The summed E-state index contributed by atoms with van der Waals surface area (Å²) >= 11 is 0. The third-order valence-corrected chi connectivity index (χ3v) is 23.7. The Kier molecular flexibility index (Phi) is 19.6. The molecule has 25 rings (SSSR count). The van der Waals surface area contributed by atoms with Crippen molar-refractivity contribution in [1.82, 2.24) is 44.9 Å². The molecule has 9 aromatic heterocycles. The molecule has 0 saturated carbocycles. The summed E-state index contributed by atoms with van der Waals surface area (Å²) in [5, 5.41) is 8.84. The number of nitrogens with zero attached hydrogens (tertiary/aromatic N) is 9. The molecule has 129 heavy (non-hydrogen) atoms. The van der Waals surface area contributed by atoms with E-state index in [-0.39, 0.29) is 0 Å². The van der Waals surface area contributed by atoms with E-state index in [0.717, 1.165) is 222 Å². The van der Waals surface area contributed by atoms with E-state index in [9.17, 15) is 0 Å². The molecule has 0 spiro atoms. The van der Waals surface area contributed by atoms with Gasteiger partial charge in [0.2, 0.25) is 0 Å². The highest BCUT2D eigenvalue weighted by atomic mass is 16.3. The molecule has 0 aliphatic heterocycles. The summed E-state index contributed by atoms with van der Waals surface area (Å²) in [5.41, 5.74) is 29.5. The molecule has 604 valence electrons. The minimum absolute atomic E-state index is 0.620. The van der Waals surface area contributed by atoms with Crippen molar-refractivity contribution in [2.45, 2.75) is 0 Å². The second-order valence-electron chi connectivity index (χ2n) is 31.6. The normalized spacial score (nSPS) is 11.4. The van der Waals surface area contributed by atoms with Gasteiger partial charge < -0.3 is 13.3 Å². The molecule has 12 heteroatoms. The van der Waals surface area contributed by atoms with E-state index >= 15 is 0 Å². The van der Waals surface area contributed by atoms with Crippen molar-refractivity contribution >= 4 is 98.5 Å². The second-order valence-corrected chi connectivity index (χ2v) is 31.6. The quantitative estimate of drug-likeness (QED) is 0.108. The summed E-state index contributed by atoms with van der Waals surface area (Å²) in [4.78, 5) is 46.4. The van der Waals surface area contributed by atoms with Crippen molar-refractivity contribution in [3.8, 4) is 147 Å². The molecule has 0 bridgehead atoms. The SMILES string of the molecule is c1ccc(-c2cc(-c3cccc4nc(-c5ccccc5)c5c6ccccc6oc5c34)nc(-c3ccccc3)n2)cc1.c1ccc(-c2cc(-c3ccccc3)nc(-c3cccc4nc(-c5ccccc5)c5c6ccccc6oc5c34)n2)cc1.c1ccc(-c2ccc(-c3cc(-c4ccccc4)nc(-c4cccc5nc(-c6ccccc6)c6c7ccccc7oc6c45)n3)cc2)cc1. The zero-order valence-corrected chi connectivity index (χ0v) is 69.4. The van der Waals surface area contributed by atoms with Gasteiger partial charge in [-0.05, 0) is 65.7 Å². The van der Waals surface area contributed by atoms with Crippen LogP contribution >= 0.6 is 0 Å². The average Bonchev–Trinajstić information content (AvgIpc) is 1.60. The van der Waals surface area contributed by atoms with Crippen LogP contribution in [-0.2, 0) is 0 Å². The van der Waals surface area contributed by atoms with Crippen LogP contribution in [0.4, 0.5) is 0 Å². The Hall–Kier alpha value is -17.6. The number of para-hydroxylation sites is 3. The summed E-state index contributed by atoms with van der Waals surface area (Å²) in [6, 6.07) is 150. The summed E-state index contributed by atoms with van der Waals surface area (Å²) in [7, 11) is 0. The molecule has 25 aromatic rings. The van der Waals surface area contributed by atoms with E-state index in [0.29, 0.717) is 17.5 Å². The lowest BCUT2D eigenvalue weighted by Gasteiger charge is -2.13. The topological polar surface area (TPSA) is 155 Å². The Labute approximate surface area is 741 Å². The Morgan fingerprint density at radius 1 is 0.147 bits per heavy atom. The smallest absolute Gasteiger partial charge is 0.161 e. The lowest BCUT2D eigenvalue weighted by atomic mass is 9.98. The molecule has 12 nitrogen and oxygen atoms in total. The minimum Gasteiger partial charge on any atom is -0.455 e. The number of furan rings is 3. The molecule has 0 saturated heterocycles. The first-order valence-electron chi connectivity index (χ1n) is 43.0. The highest BCUT2D eigenvalue weighted by Crippen LogP contribution is 2.48. The van der Waals surface area contributed by atoms with Crippen molar-refractivity contribution in [1.29, 1.82) is 0 Å². The van der Waals surface area contributed by atoms with Crippen LogP contribution in [-0.4, -0.2) is 44.9 Å². The van der Waals surface area contributed by atoms with Gasteiger partial charge in [-0.3, -0.25) is 0 Å². The first-order chi connectivity index (χ1) is 64.0. The lowest BCUT2D eigenvalue weighted by molar-refractivity contribution is 0.672. The maximum Gasteiger partial charge on any atom is 0.161 e. The third kappa shape index (κ3) is 14.5. The maximum atomic E-state index is 6.68. The second kappa shape index (κ2) is 33.2. The minimum atomic E-state index is 0.620. The van der Waals surface area contributed by atoms with Gasteiger partial charge in [0.05, 0.1) is 100 Å². The summed E-state index contributed by atoms with van der Waals surface area (Å²) in [6.45, 7) is 0. The third-order valence-electron chi connectivity index (χ3n) is 23.7. The Balaban J connectivity index is 0.000000111. The fourth-order valence-corrected chi connectivity index (χ4v) is 17.6. The summed E-state index contributed by atoms with van der Waals surface area (Å²) in [6.07, 6.45) is 0. The van der Waals surface area contributed by atoms with Gasteiger partial charge in [-0.25, -0.2) is 44.9 Å². The van der Waals surface area contributed by atoms with Crippen LogP contribution in [0.5, 0.6) is 0 Å². The lowest BCUT2D eigenvalue weighted by Crippen LogP contribution is -1.97. The van der Waals surface area contributed by atoms with Crippen molar-refractivity contribution < 1.29 is 13.3 Å². The number of fused-ring (bicyclic) bond motifs is 15. The molecule has 0 unspecified atom stereocenters. The molecule has 0 fully saturated rings. The van der Waals surface area contributed by atoms with Gasteiger partial charge in [-0.1, -0.05) is 388 Å². The zero-order chi connectivity index (χ0) is 85.5. The summed E-state index contributed by atoms with van der Waals surface area (Å²) in [5.74, 6) is 1.93. The first-order valence-corrected chi connectivity index (χ1v) is 43.0. The van der Waals surface area contributed by atoms with Gasteiger partial charge in [0.1, 0.15) is 33.5 Å². The van der Waals surface area contributed by atoms with Crippen LogP contribution < -0.4 is 0 Å². The van der Waals surface area contributed by atoms with E-state index in [2.05, 4.69) is 194 Å². The van der Waals surface area contributed by atoms with Gasteiger partial charge in [-0.15, -0.1) is 0 Å². The van der Waals surface area contributed by atoms with E-state index in [1.165, 1.54) is 5.56 Å². The standard InChI is InChI=1S/C43H27N3O.2C37H23N3O/c1-4-13-28(14-5-1)29-23-25-31(26-24-29)37-27-36(30-15-6-2-7-16-30)45-43(46-37)34-20-12-21-35-39(34)42-40(33-19-10-11-22-38(33)47-42)41(44-35)32-17-8-3-9-18-32;1-4-13-24(14-5-1)30-23-31(40-37(39-30)26-17-8-3-9-18-26)27-20-12-21-29-33(27)36-34(28-19-10-11-22-32(28)41-36)35(38-29)25-15-6-2-7-16-25;1-4-13-24(14-5-1)30-23-31(25-15-6-2-7-16-25)40-37(39-30)28-20-12-21-29-33(28)36-34(27-19-10-11-22-32(27)41-36)35(38-29)26-17-8-3-9-18-26/h1-27H;2*1-23H. The van der Waals surface area contributed by atoms with Crippen LogP contribution in [0.15, 0.2) is 456 Å². The maximum absolute atomic E-state index is 6.68. The van der Waals surface area contributed by atoms with Crippen LogP contribution in [0.1, 0.15) is 0 Å². The van der Waals surface area contributed by atoms with Crippen molar-refractivity contribution in [2.24, 2.45) is 0 Å². The van der Waals surface area contributed by atoms with Crippen molar-refractivity contribution in [3.05, 3.63) is 443 Å². The number of pyridine rings is 3. The van der Waals surface area contributed by atoms with Crippen LogP contribution in [0.3, 0.4) is 0 Å². The van der Waals surface area contributed by atoms with Gasteiger partial charge in [0.25, 0.3) is 0 Å². The molecule has 0 amide bonds. The number of hydrogen-bond acceptors (Lipinski definition) is 12. The highest BCUT2D eigenvalue weighted by Gasteiger charge is 2.27. The molecular formula is C117H73N9O3. The van der Waals surface area contributed by atoms with E-state index < -0.39 is 0 Å². The van der Waals surface area contributed by atoms with Crippen LogP contribution in [0, 0.1) is 0 Å². The molecule has 0 N–H and O–H groups in total. The van der Waals surface area contributed by atoms with Gasteiger partial charge in [-0.2, -0.15) is 0 Å². The van der Waals surface area contributed by atoms with Crippen LogP contribution in [0.2, 0.25) is 0 Å². The number of aromatic nitrogens is 9. The first kappa shape index (κ1) is 76.3. The zero-order valence-electron chi connectivity index (χ0n) is 69.4. The average molecular weight is 1650 g/mol. The predicted octanol–water partition coefficient (Wildman–Crippen LogP) is 30.4. The van der Waals surface area contributed by atoms with E-state index in [1.54, 1.807) is 0 Å². The van der Waals surface area contributed by atoms with Crippen LogP contribution in [0.25, 0.3) is 245 Å². The number of rotatable bonds is 13. The van der Waals surface area contributed by atoms with Gasteiger partial charge in [0.15, 0.2) is 17.5 Å². The molecule has 16 aromatic carbocycles. The largest absolute Gasteiger partial charge is 0.455 e. The molecular weight excluding hydrogens is 1580 g/mol. The number of hydrogen-bond donors (Lipinski definition) is 0. The van der Waals surface area contributed by atoms with E-state index in [1.807, 2.05) is 249 Å². The predicted molar refractivity (Wildman–Crippen MR) is 525 cm³/mol. The molecule has 0 aliphatic carbocycles. The van der Waals surface area contributed by atoms with E-state index in [4.69, 9.17) is 58.1 Å². The fraction of sp³-hybridized carbons (Fsp3) is 0.